The molecule has 0 saturated carbocycles. The number of ether oxygens (including phenoxy) is 4. The first-order valence-corrected chi connectivity index (χ1v) is 10.1. The maximum Gasteiger partial charge on any atom is 0.336 e. The lowest BCUT2D eigenvalue weighted by Crippen LogP contribution is -2.29. The van der Waals surface area contributed by atoms with Crippen LogP contribution in [0.2, 0.25) is 5.02 Å². The number of hydrogen-bond acceptors (Lipinski definition) is 7. The zero-order chi connectivity index (χ0) is 23.3. The topological polar surface area (TPSA) is 74.3 Å². The zero-order valence-electron chi connectivity index (χ0n) is 18.3. The van der Waals surface area contributed by atoms with E-state index in [0.29, 0.717) is 28.6 Å². The predicted molar refractivity (Wildman–Crippen MR) is 119 cm³/mol. The van der Waals surface area contributed by atoms with Crippen molar-refractivity contribution in [1.82, 2.24) is 4.90 Å². The number of benzene rings is 2. The Morgan fingerprint density at radius 1 is 0.875 bits per heavy atom. The van der Waals surface area contributed by atoms with E-state index in [9.17, 15) is 9.59 Å². The van der Waals surface area contributed by atoms with Crippen LogP contribution < -0.4 is 9.47 Å². The number of para-hydroxylation sites is 1. The van der Waals surface area contributed by atoms with Gasteiger partial charge in [0.05, 0.1) is 45.5 Å². The highest BCUT2D eigenvalue weighted by molar-refractivity contribution is 6.31. The van der Waals surface area contributed by atoms with E-state index in [1.54, 1.807) is 41.6 Å². The van der Waals surface area contributed by atoms with E-state index < -0.39 is 17.9 Å². The molecular weight excluding hydrogens is 434 g/mol. The quantitative estimate of drug-likeness (QED) is 0.580. The van der Waals surface area contributed by atoms with Crippen molar-refractivity contribution in [2.45, 2.75) is 12.5 Å². The molecule has 0 atom stereocenters. The smallest absolute Gasteiger partial charge is 0.336 e. The molecule has 0 aliphatic carbocycles. The van der Waals surface area contributed by atoms with Gasteiger partial charge >= 0.3 is 11.9 Å². The van der Waals surface area contributed by atoms with Crippen LogP contribution in [0.5, 0.6) is 11.5 Å². The predicted octanol–water partition coefficient (Wildman–Crippen LogP) is 4.07. The van der Waals surface area contributed by atoms with E-state index >= 15 is 0 Å². The summed E-state index contributed by atoms with van der Waals surface area (Å²) in [5.74, 6) is -1.08. The van der Waals surface area contributed by atoms with Crippen molar-refractivity contribution in [2.75, 3.05) is 28.4 Å². The highest BCUT2D eigenvalue weighted by atomic mass is 35.5. The summed E-state index contributed by atoms with van der Waals surface area (Å²) in [6.07, 6.45) is 3.29. The fourth-order valence-electron chi connectivity index (χ4n) is 3.68. The Bertz CT molecular complexity index is 1040. The number of halogens is 1. The lowest BCUT2D eigenvalue weighted by atomic mass is 9.82. The van der Waals surface area contributed by atoms with Crippen molar-refractivity contribution in [3.63, 3.8) is 0 Å². The average Bonchev–Trinajstić information content (AvgIpc) is 2.83. The second-order valence-corrected chi connectivity index (χ2v) is 7.34. The van der Waals surface area contributed by atoms with Crippen LogP contribution in [0.1, 0.15) is 17.0 Å². The minimum absolute atomic E-state index is 0.244. The number of carbonyl (C=O) groups is 2. The molecule has 8 heteroatoms. The maximum atomic E-state index is 12.8. The molecule has 2 aromatic carbocycles. The van der Waals surface area contributed by atoms with E-state index in [0.717, 1.165) is 5.56 Å². The number of carbonyl (C=O) groups excluding carboxylic acids is 2. The Labute approximate surface area is 191 Å². The molecule has 0 fully saturated rings. The van der Waals surface area contributed by atoms with Gasteiger partial charge in [-0.05, 0) is 17.7 Å². The van der Waals surface area contributed by atoms with Crippen molar-refractivity contribution in [2.24, 2.45) is 0 Å². The van der Waals surface area contributed by atoms with Gasteiger partial charge in [0.25, 0.3) is 0 Å². The summed E-state index contributed by atoms with van der Waals surface area (Å²) in [7, 11) is 5.59. The number of methoxy groups -OCH3 is 4. The molecule has 0 N–H and O–H groups in total. The van der Waals surface area contributed by atoms with Crippen molar-refractivity contribution < 1.29 is 28.5 Å². The molecule has 2 aromatic rings. The van der Waals surface area contributed by atoms with Gasteiger partial charge < -0.3 is 23.8 Å². The molecule has 0 spiro atoms. The molecule has 0 unspecified atom stereocenters. The summed E-state index contributed by atoms with van der Waals surface area (Å²) in [6, 6.07) is 12.6. The molecule has 0 saturated heterocycles. The van der Waals surface area contributed by atoms with Crippen LogP contribution in [-0.2, 0) is 25.6 Å². The standard InChI is InChI=1S/C24H24ClNO6/c1-29-20-11-7-9-16(22(20)30-2)21-17(23(27)31-3)13-26(14-18(21)24(28)32-4)12-15-8-5-6-10-19(15)25/h5-11,13-14,21H,12H2,1-4H3. The summed E-state index contributed by atoms with van der Waals surface area (Å²) in [6.45, 7) is 0.336. The van der Waals surface area contributed by atoms with Gasteiger partial charge in [0.1, 0.15) is 0 Å². The first-order valence-electron chi connectivity index (χ1n) is 9.75. The minimum atomic E-state index is -0.789. The van der Waals surface area contributed by atoms with Gasteiger partial charge in [-0.1, -0.05) is 41.9 Å². The van der Waals surface area contributed by atoms with Crippen molar-refractivity contribution in [1.29, 1.82) is 0 Å². The highest BCUT2D eigenvalue weighted by Crippen LogP contribution is 2.44. The maximum absolute atomic E-state index is 12.8. The van der Waals surface area contributed by atoms with Crippen LogP contribution in [0.4, 0.5) is 0 Å². The molecular formula is C24H24ClNO6. The molecule has 1 aliphatic rings. The van der Waals surface area contributed by atoms with Crippen LogP contribution in [0.3, 0.4) is 0 Å². The van der Waals surface area contributed by atoms with Crippen LogP contribution in [-0.4, -0.2) is 45.3 Å². The minimum Gasteiger partial charge on any atom is -0.493 e. The summed E-state index contributed by atoms with van der Waals surface area (Å²) >= 11 is 6.31. The number of hydrogen-bond donors (Lipinski definition) is 0. The normalized spacial score (nSPS) is 13.7. The third-order valence-electron chi connectivity index (χ3n) is 5.13. The number of nitrogens with zero attached hydrogens (tertiary/aromatic N) is 1. The van der Waals surface area contributed by atoms with Crippen LogP contribution in [0.15, 0.2) is 66.0 Å². The Hall–Kier alpha value is -3.45. The lowest BCUT2D eigenvalue weighted by molar-refractivity contribution is -0.137. The summed E-state index contributed by atoms with van der Waals surface area (Å²) in [4.78, 5) is 27.4. The van der Waals surface area contributed by atoms with Crippen LogP contribution >= 0.6 is 11.6 Å². The Morgan fingerprint density at radius 2 is 1.50 bits per heavy atom. The Balaban J connectivity index is 2.17. The third kappa shape index (κ3) is 4.57. The Kier molecular flexibility index (Phi) is 7.43. The molecule has 0 radical (unpaired) electrons. The monoisotopic (exact) mass is 457 g/mol. The summed E-state index contributed by atoms with van der Waals surface area (Å²) in [5, 5.41) is 0.574. The van der Waals surface area contributed by atoms with Gasteiger partial charge in [0, 0.05) is 29.5 Å². The van der Waals surface area contributed by atoms with Crippen molar-refractivity contribution in [3.05, 3.63) is 82.2 Å². The highest BCUT2D eigenvalue weighted by Gasteiger charge is 2.37. The number of esters is 2. The van der Waals surface area contributed by atoms with Crippen molar-refractivity contribution in [3.8, 4) is 11.5 Å². The molecule has 7 nitrogen and oxygen atoms in total. The second kappa shape index (κ2) is 10.2. The van der Waals surface area contributed by atoms with E-state index in [-0.39, 0.29) is 11.1 Å². The van der Waals surface area contributed by atoms with E-state index in [1.165, 1.54) is 28.4 Å². The van der Waals surface area contributed by atoms with Gasteiger partial charge in [-0.25, -0.2) is 9.59 Å². The van der Waals surface area contributed by atoms with Crippen LogP contribution in [0.25, 0.3) is 0 Å². The van der Waals surface area contributed by atoms with Crippen molar-refractivity contribution >= 4 is 23.5 Å². The molecule has 3 rings (SSSR count). The van der Waals surface area contributed by atoms with E-state index in [1.807, 2.05) is 18.2 Å². The zero-order valence-corrected chi connectivity index (χ0v) is 19.0. The fourth-order valence-corrected chi connectivity index (χ4v) is 3.87. The van der Waals surface area contributed by atoms with Gasteiger partial charge in [-0.3, -0.25) is 0 Å². The van der Waals surface area contributed by atoms with Gasteiger partial charge in [0.15, 0.2) is 11.5 Å². The molecule has 168 valence electrons. The van der Waals surface area contributed by atoms with E-state index in [4.69, 9.17) is 30.5 Å². The lowest BCUT2D eigenvalue weighted by Gasteiger charge is -2.31. The molecule has 1 heterocycles. The Morgan fingerprint density at radius 3 is 2.03 bits per heavy atom. The second-order valence-electron chi connectivity index (χ2n) is 6.93. The molecule has 0 amide bonds. The molecule has 0 aromatic heterocycles. The average molecular weight is 458 g/mol. The molecule has 32 heavy (non-hydrogen) atoms. The largest absolute Gasteiger partial charge is 0.493 e. The van der Waals surface area contributed by atoms with Gasteiger partial charge in [-0.2, -0.15) is 0 Å². The summed E-state index contributed by atoms with van der Waals surface area (Å²) in [5.41, 5.74) is 1.88. The first-order chi connectivity index (χ1) is 15.4. The van der Waals surface area contributed by atoms with Gasteiger partial charge in [0.2, 0.25) is 0 Å². The third-order valence-corrected chi connectivity index (χ3v) is 5.50. The number of rotatable bonds is 7. The fraction of sp³-hybridized carbons (Fsp3) is 0.250. The first kappa shape index (κ1) is 23.2. The summed E-state index contributed by atoms with van der Waals surface area (Å²) < 4.78 is 21.1. The SMILES string of the molecule is COC(=O)C1=CN(Cc2ccccc2Cl)C=C(C(=O)OC)C1c1cccc(OC)c1OC. The van der Waals surface area contributed by atoms with E-state index in [2.05, 4.69) is 0 Å². The van der Waals surface area contributed by atoms with Crippen LogP contribution in [0, 0.1) is 0 Å². The molecule has 1 aliphatic heterocycles. The molecule has 0 bridgehead atoms. The van der Waals surface area contributed by atoms with Gasteiger partial charge in [-0.15, -0.1) is 0 Å².